The number of thiazole rings is 1. The molecule has 0 spiro atoms. The zero-order chi connectivity index (χ0) is 22.6. The van der Waals surface area contributed by atoms with E-state index in [9.17, 15) is 9.18 Å². The van der Waals surface area contributed by atoms with Gasteiger partial charge in [0, 0.05) is 42.7 Å². The first kappa shape index (κ1) is 21.5. The monoisotopic (exact) mass is 457 g/mol. The normalized spacial score (nSPS) is 14.4. The maximum absolute atomic E-state index is 13.1. The zero-order valence-electron chi connectivity index (χ0n) is 18.2. The van der Waals surface area contributed by atoms with Crippen molar-refractivity contribution in [2.24, 2.45) is 0 Å². The maximum atomic E-state index is 13.1. The first-order chi connectivity index (χ1) is 16.2. The molecule has 0 radical (unpaired) electrons. The standard InChI is InChI=1S/C27H24FN3OS/c28-24-12-10-22(11-13-24)25-19-33-26(29-25)18-30-14-16-31(17-15-30)27(32)23-8-6-21(7-9-23)20-4-2-1-3-5-20/h1-13,19H,14-18H2. The van der Waals surface area contributed by atoms with Crippen molar-refractivity contribution in [2.45, 2.75) is 6.54 Å². The SMILES string of the molecule is O=C(c1ccc(-c2ccccc2)cc1)N1CCN(Cc2nc(-c3ccc(F)cc3)cs2)CC1. The van der Waals surface area contributed by atoms with E-state index in [2.05, 4.69) is 17.0 Å². The van der Waals surface area contributed by atoms with Crippen LogP contribution < -0.4 is 0 Å². The van der Waals surface area contributed by atoms with Crippen LogP contribution >= 0.6 is 11.3 Å². The Bertz CT molecular complexity index is 1210. The highest BCUT2D eigenvalue weighted by molar-refractivity contribution is 7.09. The summed E-state index contributed by atoms with van der Waals surface area (Å²) >= 11 is 1.62. The number of rotatable bonds is 5. The van der Waals surface area contributed by atoms with Crippen LogP contribution in [0.4, 0.5) is 4.39 Å². The molecule has 33 heavy (non-hydrogen) atoms. The van der Waals surface area contributed by atoms with Gasteiger partial charge in [0.2, 0.25) is 0 Å². The van der Waals surface area contributed by atoms with Gasteiger partial charge in [0.05, 0.1) is 12.2 Å². The first-order valence-corrected chi connectivity index (χ1v) is 11.9. The van der Waals surface area contributed by atoms with Gasteiger partial charge in [-0.25, -0.2) is 9.37 Å². The third-order valence-corrected chi connectivity index (χ3v) is 6.78. The molecule has 1 aliphatic heterocycles. The van der Waals surface area contributed by atoms with E-state index in [-0.39, 0.29) is 11.7 Å². The predicted octanol–water partition coefficient (Wildman–Crippen LogP) is 5.57. The number of hydrogen-bond acceptors (Lipinski definition) is 4. The highest BCUT2D eigenvalue weighted by Gasteiger charge is 2.23. The third-order valence-electron chi connectivity index (χ3n) is 5.95. The van der Waals surface area contributed by atoms with Gasteiger partial charge in [0.15, 0.2) is 0 Å². The molecule has 0 aliphatic carbocycles. The Morgan fingerprint density at radius 1 is 0.818 bits per heavy atom. The lowest BCUT2D eigenvalue weighted by molar-refractivity contribution is 0.0628. The van der Waals surface area contributed by atoms with E-state index in [1.165, 1.54) is 12.1 Å². The lowest BCUT2D eigenvalue weighted by atomic mass is 10.0. The van der Waals surface area contributed by atoms with Crippen molar-refractivity contribution in [3.8, 4) is 22.4 Å². The van der Waals surface area contributed by atoms with E-state index in [0.717, 1.165) is 52.6 Å². The summed E-state index contributed by atoms with van der Waals surface area (Å²) < 4.78 is 13.1. The fraction of sp³-hybridized carbons (Fsp3) is 0.185. The summed E-state index contributed by atoms with van der Waals surface area (Å²) in [6, 6.07) is 24.5. The lowest BCUT2D eigenvalue weighted by Gasteiger charge is -2.34. The molecular formula is C27H24FN3OS. The molecule has 1 aromatic heterocycles. The van der Waals surface area contributed by atoms with E-state index in [4.69, 9.17) is 4.98 Å². The second-order valence-electron chi connectivity index (χ2n) is 8.15. The fourth-order valence-corrected chi connectivity index (χ4v) is 4.90. The van der Waals surface area contributed by atoms with Crippen LogP contribution in [-0.4, -0.2) is 46.9 Å². The number of nitrogens with zero attached hydrogens (tertiary/aromatic N) is 3. The quantitative estimate of drug-likeness (QED) is 0.393. The molecule has 1 saturated heterocycles. The highest BCUT2D eigenvalue weighted by Crippen LogP contribution is 2.24. The smallest absolute Gasteiger partial charge is 0.253 e. The van der Waals surface area contributed by atoms with Crippen molar-refractivity contribution < 1.29 is 9.18 Å². The van der Waals surface area contributed by atoms with E-state index in [1.807, 2.05) is 52.7 Å². The van der Waals surface area contributed by atoms with Crippen molar-refractivity contribution in [1.29, 1.82) is 0 Å². The van der Waals surface area contributed by atoms with Crippen LogP contribution in [0.1, 0.15) is 15.4 Å². The number of halogens is 1. The van der Waals surface area contributed by atoms with Gasteiger partial charge in [-0.05, 0) is 47.5 Å². The summed E-state index contributed by atoms with van der Waals surface area (Å²) in [4.78, 5) is 21.9. The van der Waals surface area contributed by atoms with Crippen molar-refractivity contribution in [1.82, 2.24) is 14.8 Å². The van der Waals surface area contributed by atoms with Gasteiger partial charge in [0.25, 0.3) is 5.91 Å². The Balaban J connectivity index is 1.16. The van der Waals surface area contributed by atoms with Crippen LogP contribution in [-0.2, 0) is 6.54 Å². The molecule has 0 atom stereocenters. The molecule has 0 bridgehead atoms. The number of carbonyl (C=O) groups excluding carboxylic acids is 1. The Kier molecular flexibility index (Phi) is 6.28. The van der Waals surface area contributed by atoms with Crippen molar-refractivity contribution >= 4 is 17.2 Å². The minimum atomic E-state index is -0.242. The average Bonchev–Trinajstić information content (AvgIpc) is 3.33. The van der Waals surface area contributed by atoms with Crippen molar-refractivity contribution in [3.05, 3.63) is 101 Å². The predicted molar refractivity (Wildman–Crippen MR) is 131 cm³/mol. The van der Waals surface area contributed by atoms with Crippen LogP contribution in [0.2, 0.25) is 0 Å². The molecule has 1 amide bonds. The zero-order valence-corrected chi connectivity index (χ0v) is 19.0. The Morgan fingerprint density at radius 2 is 1.45 bits per heavy atom. The second kappa shape index (κ2) is 9.65. The Hall–Kier alpha value is -3.35. The molecule has 0 unspecified atom stereocenters. The number of amides is 1. The minimum absolute atomic E-state index is 0.0853. The molecule has 0 N–H and O–H groups in total. The molecule has 4 aromatic rings. The van der Waals surface area contributed by atoms with E-state index >= 15 is 0 Å². The average molecular weight is 458 g/mol. The van der Waals surface area contributed by atoms with E-state index < -0.39 is 0 Å². The van der Waals surface area contributed by atoms with Gasteiger partial charge in [-0.2, -0.15) is 0 Å². The third kappa shape index (κ3) is 5.02. The Labute approximate surface area is 196 Å². The van der Waals surface area contributed by atoms with Crippen molar-refractivity contribution in [2.75, 3.05) is 26.2 Å². The number of piperazine rings is 1. The summed E-state index contributed by atoms with van der Waals surface area (Å²) in [5.74, 6) is -0.157. The molecule has 0 saturated carbocycles. The molecule has 1 aliphatic rings. The summed E-state index contributed by atoms with van der Waals surface area (Å²) in [5, 5.41) is 3.05. The molecule has 3 aromatic carbocycles. The van der Waals surface area contributed by atoms with Crippen molar-refractivity contribution in [3.63, 3.8) is 0 Å². The molecule has 166 valence electrons. The van der Waals surface area contributed by atoms with Crippen LogP contribution in [0.15, 0.2) is 84.2 Å². The van der Waals surface area contributed by atoms with E-state index in [1.54, 1.807) is 23.5 Å². The summed E-state index contributed by atoms with van der Waals surface area (Å²) in [5.41, 5.74) is 4.79. The highest BCUT2D eigenvalue weighted by atomic mass is 32.1. The lowest BCUT2D eigenvalue weighted by Crippen LogP contribution is -2.48. The molecule has 2 heterocycles. The Morgan fingerprint density at radius 3 is 2.15 bits per heavy atom. The maximum Gasteiger partial charge on any atom is 0.253 e. The molecular weight excluding hydrogens is 433 g/mol. The fourth-order valence-electron chi connectivity index (χ4n) is 4.06. The van der Waals surface area contributed by atoms with Gasteiger partial charge >= 0.3 is 0 Å². The second-order valence-corrected chi connectivity index (χ2v) is 9.09. The summed E-state index contributed by atoms with van der Waals surface area (Å²) in [7, 11) is 0. The van der Waals surface area contributed by atoms with Gasteiger partial charge < -0.3 is 4.90 Å². The molecule has 1 fully saturated rings. The van der Waals surface area contributed by atoms with Crippen LogP contribution in [0.5, 0.6) is 0 Å². The van der Waals surface area contributed by atoms with Crippen LogP contribution in [0.25, 0.3) is 22.4 Å². The molecule has 5 rings (SSSR count). The van der Waals surface area contributed by atoms with Gasteiger partial charge in [-0.3, -0.25) is 9.69 Å². The van der Waals surface area contributed by atoms with Gasteiger partial charge in [-0.15, -0.1) is 11.3 Å². The molecule has 4 nitrogen and oxygen atoms in total. The van der Waals surface area contributed by atoms with E-state index in [0.29, 0.717) is 13.1 Å². The number of benzene rings is 3. The molecule has 6 heteroatoms. The largest absolute Gasteiger partial charge is 0.336 e. The summed E-state index contributed by atoms with van der Waals surface area (Å²) in [6.07, 6.45) is 0. The topological polar surface area (TPSA) is 36.4 Å². The number of aromatic nitrogens is 1. The van der Waals surface area contributed by atoms with Gasteiger partial charge in [0.1, 0.15) is 10.8 Å². The number of carbonyl (C=O) groups is 1. The summed E-state index contributed by atoms with van der Waals surface area (Å²) in [6.45, 7) is 3.81. The van der Waals surface area contributed by atoms with Gasteiger partial charge in [-0.1, -0.05) is 42.5 Å². The number of hydrogen-bond donors (Lipinski definition) is 0. The van der Waals surface area contributed by atoms with Crippen LogP contribution in [0, 0.1) is 5.82 Å². The van der Waals surface area contributed by atoms with Crippen LogP contribution in [0.3, 0.4) is 0 Å². The first-order valence-electron chi connectivity index (χ1n) is 11.0. The minimum Gasteiger partial charge on any atom is -0.336 e.